The molecule has 35 heavy (non-hydrogen) atoms. The molecular formula is C25H25Cl2N5O3. The van der Waals surface area contributed by atoms with Crippen LogP contribution in [0.25, 0.3) is 0 Å². The Balaban J connectivity index is 1.28. The van der Waals surface area contributed by atoms with Crippen molar-refractivity contribution in [2.45, 2.75) is 6.04 Å². The molecule has 0 spiro atoms. The molecular weight excluding hydrogens is 489 g/mol. The first-order valence-electron chi connectivity index (χ1n) is 11.4. The van der Waals surface area contributed by atoms with Crippen LogP contribution in [0.1, 0.15) is 11.6 Å². The Kier molecular flexibility index (Phi) is 6.34. The molecule has 3 heterocycles. The number of piperazine rings is 1. The number of urea groups is 1. The van der Waals surface area contributed by atoms with E-state index in [0.29, 0.717) is 53.1 Å². The van der Waals surface area contributed by atoms with E-state index in [4.69, 9.17) is 23.2 Å². The third-order valence-corrected chi connectivity index (χ3v) is 7.47. The van der Waals surface area contributed by atoms with Gasteiger partial charge in [0, 0.05) is 38.2 Å². The fourth-order valence-corrected chi connectivity index (χ4v) is 5.36. The van der Waals surface area contributed by atoms with Crippen molar-refractivity contribution in [2.24, 2.45) is 0 Å². The number of hydrogen-bond acceptors (Lipinski definition) is 4. The lowest BCUT2D eigenvalue weighted by molar-refractivity contribution is -0.137. The van der Waals surface area contributed by atoms with Gasteiger partial charge in [0.2, 0.25) is 5.91 Å². The highest BCUT2D eigenvalue weighted by molar-refractivity contribution is 6.33. The number of rotatable bonds is 4. The summed E-state index contributed by atoms with van der Waals surface area (Å²) in [6, 6.07) is 13.8. The van der Waals surface area contributed by atoms with E-state index in [2.05, 4.69) is 10.2 Å². The summed E-state index contributed by atoms with van der Waals surface area (Å²) in [7, 11) is 1.63. The summed E-state index contributed by atoms with van der Waals surface area (Å²) in [4.78, 5) is 46.0. The first-order valence-corrected chi connectivity index (χ1v) is 12.2. The molecule has 2 aromatic rings. The van der Waals surface area contributed by atoms with Gasteiger partial charge in [0.15, 0.2) is 0 Å². The number of nitrogens with one attached hydrogen (secondary N) is 1. The van der Waals surface area contributed by atoms with Crippen molar-refractivity contribution in [2.75, 3.05) is 51.2 Å². The van der Waals surface area contributed by atoms with E-state index in [-0.39, 0.29) is 30.9 Å². The number of likely N-dealkylation sites (N-methyl/N-ethyl adjacent to an activating group) is 1. The number of nitrogens with zero attached hydrogens (tertiary/aromatic N) is 4. The predicted molar refractivity (Wildman–Crippen MR) is 134 cm³/mol. The van der Waals surface area contributed by atoms with Gasteiger partial charge in [-0.25, -0.2) is 4.79 Å². The molecule has 3 aliphatic heterocycles. The minimum atomic E-state index is -0.658. The second-order valence-electron chi connectivity index (χ2n) is 8.80. The molecule has 8 nitrogen and oxygen atoms in total. The molecule has 5 rings (SSSR count). The molecule has 0 radical (unpaired) electrons. The van der Waals surface area contributed by atoms with Gasteiger partial charge < -0.3 is 20.0 Å². The van der Waals surface area contributed by atoms with Crippen LogP contribution in [0.3, 0.4) is 0 Å². The summed E-state index contributed by atoms with van der Waals surface area (Å²) in [6.45, 7) is 2.56. The Morgan fingerprint density at radius 1 is 0.971 bits per heavy atom. The minimum Gasteiger partial charge on any atom is -0.367 e. The Hall–Kier alpha value is -3.23. The van der Waals surface area contributed by atoms with Crippen LogP contribution >= 0.6 is 23.2 Å². The molecule has 10 heteroatoms. The Bertz CT molecular complexity index is 1230. The van der Waals surface area contributed by atoms with E-state index < -0.39 is 6.04 Å². The molecule has 1 fully saturated rings. The molecule has 1 atom stereocenters. The average molecular weight is 514 g/mol. The number of para-hydroxylation sites is 1. The van der Waals surface area contributed by atoms with Gasteiger partial charge in [0.25, 0.3) is 5.91 Å². The van der Waals surface area contributed by atoms with Crippen LogP contribution in [0.15, 0.2) is 59.8 Å². The summed E-state index contributed by atoms with van der Waals surface area (Å²) < 4.78 is 0. The number of carbonyl (C=O) groups excluding carboxylic acids is 3. The lowest BCUT2D eigenvalue weighted by Gasteiger charge is -2.37. The van der Waals surface area contributed by atoms with Gasteiger partial charge in [0.05, 0.1) is 34.6 Å². The summed E-state index contributed by atoms with van der Waals surface area (Å²) in [5.74, 6) is -0.381. The lowest BCUT2D eigenvalue weighted by Crippen LogP contribution is -2.51. The van der Waals surface area contributed by atoms with Crippen molar-refractivity contribution < 1.29 is 14.4 Å². The molecule has 0 saturated carbocycles. The Labute approximate surface area is 213 Å². The molecule has 0 bridgehead atoms. The quantitative estimate of drug-likeness (QED) is 0.681. The topological polar surface area (TPSA) is 76.2 Å². The van der Waals surface area contributed by atoms with Crippen molar-refractivity contribution in [3.63, 3.8) is 0 Å². The first kappa shape index (κ1) is 23.5. The van der Waals surface area contributed by atoms with E-state index in [1.165, 1.54) is 9.80 Å². The van der Waals surface area contributed by atoms with Gasteiger partial charge in [0.1, 0.15) is 6.54 Å². The van der Waals surface area contributed by atoms with E-state index in [1.54, 1.807) is 30.1 Å². The van der Waals surface area contributed by atoms with Crippen molar-refractivity contribution >= 4 is 46.7 Å². The number of hydrogen-bond donors (Lipinski definition) is 1. The predicted octanol–water partition coefficient (Wildman–Crippen LogP) is 3.13. The summed E-state index contributed by atoms with van der Waals surface area (Å²) in [5.41, 5.74) is 2.66. The smallest absolute Gasteiger partial charge is 0.322 e. The van der Waals surface area contributed by atoms with Crippen molar-refractivity contribution in [3.05, 3.63) is 75.4 Å². The monoisotopic (exact) mass is 513 g/mol. The third-order valence-electron chi connectivity index (χ3n) is 6.80. The Morgan fingerprint density at radius 3 is 2.31 bits per heavy atom. The zero-order chi connectivity index (χ0) is 24.7. The van der Waals surface area contributed by atoms with Crippen LogP contribution in [-0.4, -0.2) is 78.9 Å². The van der Waals surface area contributed by atoms with Gasteiger partial charge >= 0.3 is 6.03 Å². The largest absolute Gasteiger partial charge is 0.367 e. The van der Waals surface area contributed by atoms with Gasteiger partial charge in [-0.1, -0.05) is 53.5 Å². The van der Waals surface area contributed by atoms with Crippen LogP contribution in [-0.2, 0) is 9.59 Å². The summed E-state index contributed by atoms with van der Waals surface area (Å²) in [5, 5.41) is 4.03. The number of halogens is 2. The number of carbonyl (C=O) groups is 3. The number of amides is 4. The van der Waals surface area contributed by atoms with Crippen LogP contribution in [0, 0.1) is 0 Å². The lowest BCUT2D eigenvalue weighted by atomic mass is 9.96. The molecule has 0 aromatic heterocycles. The highest BCUT2D eigenvalue weighted by Crippen LogP contribution is 2.38. The molecule has 0 aliphatic carbocycles. The highest BCUT2D eigenvalue weighted by atomic mass is 35.5. The van der Waals surface area contributed by atoms with Crippen LogP contribution < -0.4 is 10.2 Å². The normalized spacial score (nSPS) is 20.4. The molecule has 1 unspecified atom stereocenters. The van der Waals surface area contributed by atoms with E-state index in [1.807, 2.05) is 30.3 Å². The maximum Gasteiger partial charge on any atom is 0.322 e. The fourth-order valence-electron chi connectivity index (χ4n) is 4.86. The van der Waals surface area contributed by atoms with E-state index >= 15 is 0 Å². The maximum absolute atomic E-state index is 13.4. The molecule has 1 N–H and O–H groups in total. The zero-order valence-corrected chi connectivity index (χ0v) is 20.7. The summed E-state index contributed by atoms with van der Waals surface area (Å²) >= 11 is 12.7. The molecule has 182 valence electrons. The van der Waals surface area contributed by atoms with E-state index in [0.717, 1.165) is 5.69 Å². The standard InChI is InChI=1S/C25H25Cl2N5O3/c1-29-20-14-32(24(34)22(20)23(28-25(29)35)16-6-2-3-7-17(16)26)15-21(33)31-12-10-30(11-13-31)19-9-5-4-8-18(19)27/h2-9,23H,10-15H2,1H3,(H,28,35). The summed E-state index contributed by atoms with van der Waals surface area (Å²) in [6.07, 6.45) is 0. The Morgan fingerprint density at radius 2 is 1.63 bits per heavy atom. The maximum atomic E-state index is 13.4. The molecule has 1 saturated heterocycles. The molecule has 2 aromatic carbocycles. The second kappa shape index (κ2) is 9.43. The van der Waals surface area contributed by atoms with Crippen molar-refractivity contribution in [1.29, 1.82) is 0 Å². The van der Waals surface area contributed by atoms with Crippen LogP contribution in [0.5, 0.6) is 0 Å². The zero-order valence-electron chi connectivity index (χ0n) is 19.2. The molecule has 3 aliphatic rings. The van der Waals surface area contributed by atoms with Crippen molar-refractivity contribution in [3.8, 4) is 0 Å². The number of benzene rings is 2. The van der Waals surface area contributed by atoms with Gasteiger partial charge in [-0.2, -0.15) is 0 Å². The minimum absolute atomic E-state index is 0.0464. The first-order chi connectivity index (χ1) is 16.8. The second-order valence-corrected chi connectivity index (χ2v) is 9.62. The fraction of sp³-hybridized carbons (Fsp3) is 0.320. The van der Waals surface area contributed by atoms with Crippen LogP contribution in [0.4, 0.5) is 10.5 Å². The van der Waals surface area contributed by atoms with Crippen LogP contribution in [0.2, 0.25) is 10.0 Å². The highest BCUT2D eigenvalue weighted by Gasteiger charge is 2.44. The molecule has 4 amide bonds. The van der Waals surface area contributed by atoms with Crippen molar-refractivity contribution in [1.82, 2.24) is 20.0 Å². The van der Waals surface area contributed by atoms with E-state index in [9.17, 15) is 14.4 Å². The third kappa shape index (κ3) is 4.32. The average Bonchev–Trinajstić information content (AvgIpc) is 3.18. The van der Waals surface area contributed by atoms with Gasteiger partial charge in [-0.15, -0.1) is 0 Å². The van der Waals surface area contributed by atoms with Gasteiger partial charge in [-0.3, -0.25) is 14.5 Å². The SMILES string of the molecule is CN1C(=O)NC(c2ccccc2Cl)C2=C1CN(CC(=O)N1CCN(c3ccccc3Cl)CC1)C2=O. The van der Waals surface area contributed by atoms with Gasteiger partial charge in [-0.05, 0) is 23.8 Å². The number of anilines is 1.